The highest BCUT2D eigenvalue weighted by atomic mass is 16.6. The lowest BCUT2D eigenvalue weighted by atomic mass is 10.0. The number of rotatable bonds is 47. The molecule has 0 bridgehead atoms. The van der Waals surface area contributed by atoms with Crippen LogP contribution in [-0.2, 0) is 28.6 Å². The Labute approximate surface area is 378 Å². The van der Waals surface area contributed by atoms with Crippen LogP contribution in [0.25, 0.3) is 0 Å². The van der Waals surface area contributed by atoms with Crippen molar-refractivity contribution in [3.63, 3.8) is 0 Å². The van der Waals surface area contributed by atoms with Gasteiger partial charge in [0.1, 0.15) is 13.2 Å². The SMILES string of the molecule is CC/C=C\C/C=C\C/C=C\C/C=C\CCCCC(=O)OC(COC(=O)CCCCCCCCCCCC)COC(=O)CCCCCCCCCCCCCCCCCCCC. The van der Waals surface area contributed by atoms with Crippen molar-refractivity contribution in [2.75, 3.05) is 13.2 Å². The van der Waals surface area contributed by atoms with Crippen molar-refractivity contribution in [1.82, 2.24) is 0 Å². The van der Waals surface area contributed by atoms with Crippen molar-refractivity contribution >= 4 is 17.9 Å². The van der Waals surface area contributed by atoms with Gasteiger partial charge in [-0.25, -0.2) is 0 Å². The minimum Gasteiger partial charge on any atom is -0.462 e. The molecule has 6 nitrogen and oxygen atoms in total. The van der Waals surface area contributed by atoms with E-state index in [9.17, 15) is 14.4 Å². The molecule has 0 saturated heterocycles. The molecule has 0 aliphatic rings. The molecular weight excluding hydrogens is 757 g/mol. The predicted molar refractivity (Wildman–Crippen MR) is 261 cm³/mol. The standard InChI is InChI=1S/C55H98O6/c1-4-7-10-13-16-19-22-24-26-27-28-30-31-33-36-39-42-45-48-54(57)60-51-52(50-59-53(56)47-44-41-38-35-21-18-15-12-9-6-3)61-55(58)49-46-43-40-37-34-32-29-25-23-20-17-14-11-8-5-2/h8,11,17,20,25,29,34,37,52H,4-7,9-10,12-16,18-19,21-24,26-28,30-33,35-36,38-51H2,1-3H3/b11-8-,20-17-,29-25-,37-34-. The lowest BCUT2D eigenvalue weighted by molar-refractivity contribution is -0.167. The number of carbonyl (C=O) groups excluding carboxylic acids is 3. The molecule has 0 spiro atoms. The van der Waals surface area contributed by atoms with E-state index in [1.807, 2.05) is 0 Å². The third kappa shape index (κ3) is 48.3. The largest absolute Gasteiger partial charge is 0.462 e. The van der Waals surface area contributed by atoms with Crippen LogP contribution in [0.5, 0.6) is 0 Å². The number of hydrogen-bond donors (Lipinski definition) is 0. The van der Waals surface area contributed by atoms with Crippen LogP contribution in [0.3, 0.4) is 0 Å². The zero-order valence-corrected chi connectivity index (χ0v) is 40.4. The van der Waals surface area contributed by atoms with Crippen LogP contribution >= 0.6 is 0 Å². The van der Waals surface area contributed by atoms with Crippen molar-refractivity contribution < 1.29 is 28.6 Å². The van der Waals surface area contributed by atoms with E-state index < -0.39 is 6.10 Å². The van der Waals surface area contributed by atoms with Gasteiger partial charge in [-0.2, -0.15) is 0 Å². The minimum absolute atomic E-state index is 0.0862. The zero-order chi connectivity index (χ0) is 44.4. The van der Waals surface area contributed by atoms with Crippen molar-refractivity contribution in [2.24, 2.45) is 0 Å². The van der Waals surface area contributed by atoms with Crippen molar-refractivity contribution in [3.05, 3.63) is 48.6 Å². The summed E-state index contributed by atoms with van der Waals surface area (Å²) in [7, 11) is 0. The summed E-state index contributed by atoms with van der Waals surface area (Å²) in [5.74, 6) is -0.920. The summed E-state index contributed by atoms with van der Waals surface area (Å²) in [5, 5.41) is 0. The first-order chi connectivity index (χ1) is 30.0. The van der Waals surface area contributed by atoms with Gasteiger partial charge in [0, 0.05) is 19.3 Å². The van der Waals surface area contributed by atoms with Gasteiger partial charge in [-0.1, -0.05) is 236 Å². The normalized spacial score (nSPS) is 12.4. The van der Waals surface area contributed by atoms with Gasteiger partial charge in [-0.3, -0.25) is 14.4 Å². The fourth-order valence-electron chi connectivity index (χ4n) is 7.43. The fraction of sp³-hybridized carbons (Fsp3) is 0.800. The van der Waals surface area contributed by atoms with E-state index in [1.54, 1.807) is 0 Å². The highest BCUT2D eigenvalue weighted by Gasteiger charge is 2.19. The molecule has 61 heavy (non-hydrogen) atoms. The van der Waals surface area contributed by atoms with Gasteiger partial charge in [0.15, 0.2) is 6.10 Å². The summed E-state index contributed by atoms with van der Waals surface area (Å²) in [6.45, 7) is 6.50. The Balaban J connectivity index is 4.35. The zero-order valence-electron chi connectivity index (χ0n) is 40.4. The fourth-order valence-corrected chi connectivity index (χ4v) is 7.43. The first-order valence-corrected chi connectivity index (χ1v) is 26.1. The molecule has 6 heteroatoms. The number of unbranched alkanes of at least 4 members (excludes halogenated alkanes) is 28. The molecule has 0 aromatic carbocycles. The second-order valence-electron chi connectivity index (χ2n) is 17.4. The molecule has 0 N–H and O–H groups in total. The summed E-state index contributed by atoms with van der Waals surface area (Å²) >= 11 is 0. The van der Waals surface area contributed by atoms with E-state index in [4.69, 9.17) is 14.2 Å². The van der Waals surface area contributed by atoms with Crippen molar-refractivity contribution in [2.45, 2.75) is 271 Å². The molecule has 0 aliphatic carbocycles. The molecule has 0 aromatic heterocycles. The number of hydrogen-bond acceptors (Lipinski definition) is 6. The van der Waals surface area contributed by atoms with E-state index in [0.29, 0.717) is 19.3 Å². The van der Waals surface area contributed by atoms with E-state index in [1.165, 1.54) is 141 Å². The molecule has 0 fully saturated rings. The third-order valence-electron chi connectivity index (χ3n) is 11.3. The van der Waals surface area contributed by atoms with E-state index in [-0.39, 0.29) is 37.5 Å². The van der Waals surface area contributed by atoms with Gasteiger partial charge in [-0.15, -0.1) is 0 Å². The van der Waals surface area contributed by atoms with Crippen LogP contribution in [-0.4, -0.2) is 37.2 Å². The Bertz CT molecular complexity index is 1070. The lowest BCUT2D eigenvalue weighted by Gasteiger charge is -2.18. The van der Waals surface area contributed by atoms with Gasteiger partial charge < -0.3 is 14.2 Å². The Morgan fingerprint density at radius 1 is 0.344 bits per heavy atom. The maximum Gasteiger partial charge on any atom is 0.306 e. The molecular formula is C55H98O6. The molecule has 354 valence electrons. The number of ether oxygens (including phenoxy) is 3. The predicted octanol–water partition coefficient (Wildman–Crippen LogP) is 17.1. The lowest BCUT2D eigenvalue weighted by Crippen LogP contribution is -2.30. The first-order valence-electron chi connectivity index (χ1n) is 26.1. The summed E-state index contributed by atoms with van der Waals surface area (Å²) in [6.07, 6.45) is 59.6. The van der Waals surface area contributed by atoms with Crippen LogP contribution in [0, 0.1) is 0 Å². The second kappa shape index (κ2) is 50.0. The summed E-state index contributed by atoms with van der Waals surface area (Å²) in [5.41, 5.74) is 0. The Morgan fingerprint density at radius 2 is 0.639 bits per heavy atom. The smallest absolute Gasteiger partial charge is 0.306 e. The average Bonchev–Trinajstić information content (AvgIpc) is 3.26. The van der Waals surface area contributed by atoms with Gasteiger partial charge in [0.25, 0.3) is 0 Å². The summed E-state index contributed by atoms with van der Waals surface area (Å²) in [4.78, 5) is 37.9. The third-order valence-corrected chi connectivity index (χ3v) is 11.3. The van der Waals surface area contributed by atoms with Crippen molar-refractivity contribution in [1.29, 1.82) is 0 Å². The van der Waals surface area contributed by atoms with Crippen molar-refractivity contribution in [3.8, 4) is 0 Å². The monoisotopic (exact) mass is 855 g/mol. The Hall–Kier alpha value is -2.63. The van der Waals surface area contributed by atoms with Gasteiger partial charge in [-0.05, 0) is 57.8 Å². The molecule has 0 rings (SSSR count). The van der Waals surface area contributed by atoms with Crippen LogP contribution in [0.2, 0.25) is 0 Å². The summed E-state index contributed by atoms with van der Waals surface area (Å²) < 4.78 is 16.8. The quantitative estimate of drug-likeness (QED) is 0.0263. The molecule has 1 atom stereocenters. The molecule has 1 unspecified atom stereocenters. The Morgan fingerprint density at radius 3 is 1.00 bits per heavy atom. The van der Waals surface area contributed by atoms with Gasteiger partial charge in [0.2, 0.25) is 0 Å². The molecule has 0 aliphatic heterocycles. The van der Waals surface area contributed by atoms with E-state index >= 15 is 0 Å². The number of allylic oxidation sites excluding steroid dienone is 8. The van der Waals surface area contributed by atoms with Gasteiger partial charge >= 0.3 is 17.9 Å². The number of carbonyl (C=O) groups is 3. The number of esters is 3. The molecule has 0 amide bonds. The minimum atomic E-state index is -0.789. The van der Waals surface area contributed by atoms with Crippen LogP contribution in [0.4, 0.5) is 0 Å². The maximum atomic E-state index is 12.8. The van der Waals surface area contributed by atoms with Crippen LogP contribution < -0.4 is 0 Å². The molecule has 0 heterocycles. The average molecular weight is 855 g/mol. The first kappa shape index (κ1) is 58.4. The maximum absolute atomic E-state index is 12.8. The highest BCUT2D eigenvalue weighted by molar-refractivity contribution is 5.71. The van der Waals surface area contributed by atoms with E-state index in [2.05, 4.69) is 69.4 Å². The second-order valence-corrected chi connectivity index (χ2v) is 17.4. The highest BCUT2D eigenvalue weighted by Crippen LogP contribution is 2.16. The van der Waals surface area contributed by atoms with Gasteiger partial charge in [0.05, 0.1) is 0 Å². The topological polar surface area (TPSA) is 78.9 Å². The molecule has 0 saturated carbocycles. The van der Waals surface area contributed by atoms with Crippen LogP contribution in [0.15, 0.2) is 48.6 Å². The Kier molecular flexibility index (Phi) is 47.9. The van der Waals surface area contributed by atoms with E-state index in [0.717, 1.165) is 77.0 Å². The summed E-state index contributed by atoms with van der Waals surface area (Å²) in [6, 6.07) is 0. The molecule has 0 aromatic rings. The molecule has 0 radical (unpaired) electrons. The van der Waals surface area contributed by atoms with Crippen LogP contribution in [0.1, 0.15) is 265 Å².